The summed E-state index contributed by atoms with van der Waals surface area (Å²) in [5, 5.41) is 23.7. The fraction of sp³-hybridized carbons (Fsp3) is 0.292. The Morgan fingerprint density at radius 3 is 2.20 bits per heavy atom. The summed E-state index contributed by atoms with van der Waals surface area (Å²) in [6.07, 6.45) is 2.12. The number of nitrogens with one attached hydrogen (secondary N) is 1. The highest BCUT2D eigenvalue weighted by Crippen LogP contribution is 2.60. The monoisotopic (exact) mass is 821 g/mol. The molecule has 1 fully saturated rings. The third kappa shape index (κ3) is 7.51. The van der Waals surface area contributed by atoms with Crippen molar-refractivity contribution in [1.82, 2.24) is 15.0 Å². The maximum atomic E-state index is 15.4. The van der Waals surface area contributed by atoms with Crippen LogP contribution < -0.4 is 24.9 Å². The Bertz CT molecular complexity index is 2440. The van der Waals surface area contributed by atoms with E-state index in [1.807, 2.05) is 107 Å². The maximum Gasteiger partial charge on any atom is 0.264 e. The average Bonchev–Trinajstić information content (AvgIpc) is 3.94. The molecule has 0 bridgehead atoms. The van der Waals surface area contributed by atoms with Crippen molar-refractivity contribution in [1.29, 1.82) is 0 Å². The normalized spacial score (nSPS) is 20.3. The quantitative estimate of drug-likeness (QED) is 0.108. The molecule has 6 aromatic rings. The average molecular weight is 822 g/mol. The number of carbonyl (C=O) groups is 2. The van der Waals surface area contributed by atoms with Gasteiger partial charge in [0.2, 0.25) is 0 Å². The lowest BCUT2D eigenvalue weighted by Gasteiger charge is -2.37. The van der Waals surface area contributed by atoms with Gasteiger partial charge in [0.05, 0.1) is 58.8 Å². The summed E-state index contributed by atoms with van der Waals surface area (Å²) in [7, 11) is 0.804. The standard InChI is InChI=1S/C48H51N5O6Si/c1-32-45(60(4,5)39-23-21-38(58-3)22-24-39)44(26-27-52-30-42(50-51-52)40(31-54)34-14-10-7-11-15-34)59-48(32)41-28-36(49-46(55)35-16-19-37(57-2)20-17-35)18-25-43(41)53(47(48)56)29-33-12-8-6-9-13-33/h6-25,28,30,32,40,44-45,54H,26-27,29,31H2,1-5H3,(H,49,55)/t32-,40?,44+,45-,48+/m1/s1. The van der Waals surface area contributed by atoms with E-state index in [1.165, 1.54) is 5.19 Å². The minimum Gasteiger partial charge on any atom is -0.497 e. The number of amides is 2. The first-order valence-corrected chi connectivity index (χ1v) is 23.5. The zero-order valence-corrected chi connectivity index (χ0v) is 35.6. The summed E-state index contributed by atoms with van der Waals surface area (Å²) in [5.41, 5.74) is 3.85. The molecule has 2 N–H and O–H groups in total. The molecule has 2 amide bonds. The Morgan fingerprint density at radius 1 is 0.900 bits per heavy atom. The zero-order chi connectivity index (χ0) is 42.0. The third-order valence-corrected chi connectivity index (χ3v) is 16.9. The number of carbonyl (C=O) groups excluding carboxylic acids is 2. The number of anilines is 2. The molecule has 2 aliphatic rings. The maximum absolute atomic E-state index is 15.4. The number of fused-ring (bicyclic) bond motifs is 2. The van der Waals surface area contributed by atoms with E-state index in [0.717, 1.165) is 28.1 Å². The number of nitrogens with zero attached hydrogens (tertiary/aromatic N) is 4. The zero-order valence-electron chi connectivity index (χ0n) is 34.6. The molecule has 0 aliphatic carbocycles. The van der Waals surface area contributed by atoms with Crippen LogP contribution in [0.2, 0.25) is 18.6 Å². The summed E-state index contributed by atoms with van der Waals surface area (Å²) in [5.74, 6) is 0.496. The second kappa shape index (κ2) is 16.9. The number of aliphatic hydroxyl groups is 1. The van der Waals surface area contributed by atoms with Gasteiger partial charge in [-0.05, 0) is 77.7 Å². The van der Waals surface area contributed by atoms with Gasteiger partial charge in [-0.15, -0.1) is 5.10 Å². The molecule has 5 aromatic carbocycles. The molecule has 3 heterocycles. The van der Waals surface area contributed by atoms with E-state index in [-0.39, 0.29) is 41.9 Å². The molecule has 1 aromatic heterocycles. The van der Waals surface area contributed by atoms with Crippen LogP contribution in [0.5, 0.6) is 11.5 Å². The molecule has 60 heavy (non-hydrogen) atoms. The fourth-order valence-electron chi connectivity index (χ4n) is 9.43. The molecule has 8 rings (SSSR count). The van der Waals surface area contributed by atoms with Gasteiger partial charge in [-0.2, -0.15) is 0 Å². The Labute approximate surface area is 351 Å². The Balaban J connectivity index is 1.18. The molecule has 11 nitrogen and oxygen atoms in total. The van der Waals surface area contributed by atoms with Crippen LogP contribution in [0.1, 0.15) is 52.0 Å². The van der Waals surface area contributed by atoms with Crippen LogP contribution in [-0.4, -0.2) is 66.9 Å². The van der Waals surface area contributed by atoms with Crippen molar-refractivity contribution >= 4 is 36.4 Å². The van der Waals surface area contributed by atoms with Crippen LogP contribution in [0, 0.1) is 5.92 Å². The summed E-state index contributed by atoms with van der Waals surface area (Å²) < 4.78 is 20.1. The summed E-state index contributed by atoms with van der Waals surface area (Å²) in [4.78, 5) is 30.8. The smallest absolute Gasteiger partial charge is 0.264 e. The molecule has 0 saturated carbocycles. The molecule has 1 unspecified atom stereocenters. The molecule has 5 atom stereocenters. The molecular weight excluding hydrogens is 771 g/mol. The topological polar surface area (TPSA) is 128 Å². The number of aryl methyl sites for hydroxylation is 1. The predicted molar refractivity (Wildman–Crippen MR) is 235 cm³/mol. The van der Waals surface area contributed by atoms with Gasteiger partial charge < -0.3 is 29.5 Å². The minimum atomic E-state index is -2.45. The van der Waals surface area contributed by atoms with Gasteiger partial charge in [-0.1, -0.05) is 103 Å². The first kappa shape index (κ1) is 40.7. The minimum absolute atomic E-state index is 0.0191. The molecular formula is C48H51N5O6Si. The van der Waals surface area contributed by atoms with E-state index in [4.69, 9.17) is 14.2 Å². The van der Waals surface area contributed by atoms with E-state index in [0.29, 0.717) is 42.2 Å². The van der Waals surface area contributed by atoms with Crippen molar-refractivity contribution in [3.05, 3.63) is 162 Å². The van der Waals surface area contributed by atoms with Gasteiger partial charge in [0.1, 0.15) is 11.5 Å². The molecule has 1 saturated heterocycles. The van der Waals surface area contributed by atoms with Crippen LogP contribution in [0.3, 0.4) is 0 Å². The Kier molecular flexibility index (Phi) is 11.4. The van der Waals surface area contributed by atoms with Crippen LogP contribution in [0.25, 0.3) is 0 Å². The first-order valence-electron chi connectivity index (χ1n) is 20.4. The molecule has 2 aliphatic heterocycles. The van der Waals surface area contributed by atoms with Crippen LogP contribution >= 0.6 is 0 Å². The van der Waals surface area contributed by atoms with Crippen molar-refractivity contribution in [3.8, 4) is 11.5 Å². The number of ether oxygens (including phenoxy) is 3. The number of aromatic nitrogens is 3. The van der Waals surface area contributed by atoms with Gasteiger partial charge >= 0.3 is 0 Å². The van der Waals surface area contributed by atoms with Gasteiger partial charge in [-0.25, -0.2) is 0 Å². The number of hydrogen-bond acceptors (Lipinski definition) is 8. The van der Waals surface area contributed by atoms with Crippen molar-refractivity contribution in [2.45, 2.75) is 62.7 Å². The Hall–Kier alpha value is -6.08. The number of aliphatic hydroxyl groups excluding tert-OH is 1. The van der Waals surface area contributed by atoms with Crippen LogP contribution in [0.4, 0.5) is 11.4 Å². The highest BCUT2D eigenvalue weighted by molar-refractivity contribution is 6.91. The summed E-state index contributed by atoms with van der Waals surface area (Å²) in [6, 6.07) is 40.8. The van der Waals surface area contributed by atoms with Gasteiger partial charge in [0.15, 0.2) is 5.60 Å². The van der Waals surface area contributed by atoms with E-state index in [9.17, 15) is 9.90 Å². The summed E-state index contributed by atoms with van der Waals surface area (Å²) >= 11 is 0. The number of rotatable bonds is 14. The lowest BCUT2D eigenvalue weighted by Crippen LogP contribution is -2.51. The fourth-order valence-corrected chi connectivity index (χ4v) is 13.5. The SMILES string of the molecule is COc1ccc(C(=O)Nc2ccc3c(c2)[C@]2(O[C@@H](CCn4cc(C(CO)c5ccccc5)nn4)[C@H]([Si](C)(C)c4ccc(OC)cc4)[C@H]2C)C(=O)N3Cc2ccccc2)cc1. The van der Waals surface area contributed by atoms with E-state index < -0.39 is 13.7 Å². The van der Waals surface area contributed by atoms with E-state index in [1.54, 1.807) is 38.5 Å². The largest absolute Gasteiger partial charge is 0.497 e. The van der Waals surface area contributed by atoms with Crippen molar-refractivity contribution in [2.75, 3.05) is 31.0 Å². The summed E-state index contributed by atoms with van der Waals surface area (Å²) in [6.45, 7) is 7.65. The number of benzene rings is 5. The highest BCUT2D eigenvalue weighted by Gasteiger charge is 2.66. The second-order valence-electron chi connectivity index (χ2n) is 16.3. The number of methoxy groups -OCH3 is 2. The molecule has 308 valence electrons. The lowest BCUT2D eigenvalue weighted by atomic mass is 9.82. The van der Waals surface area contributed by atoms with Crippen molar-refractivity contribution < 1.29 is 28.9 Å². The number of hydrogen-bond donors (Lipinski definition) is 2. The molecule has 0 radical (unpaired) electrons. The van der Waals surface area contributed by atoms with Crippen molar-refractivity contribution in [2.24, 2.45) is 5.92 Å². The van der Waals surface area contributed by atoms with Crippen LogP contribution in [0.15, 0.2) is 134 Å². The lowest BCUT2D eigenvalue weighted by molar-refractivity contribution is -0.146. The first-order chi connectivity index (χ1) is 29.1. The van der Waals surface area contributed by atoms with Gasteiger partial charge in [0, 0.05) is 35.5 Å². The van der Waals surface area contributed by atoms with E-state index >= 15 is 4.79 Å². The van der Waals surface area contributed by atoms with Crippen LogP contribution in [-0.2, 0) is 28.2 Å². The molecule has 12 heteroatoms. The van der Waals surface area contributed by atoms with E-state index in [2.05, 4.69) is 47.8 Å². The Morgan fingerprint density at radius 2 is 1.55 bits per heavy atom. The highest BCUT2D eigenvalue weighted by atomic mass is 28.3. The third-order valence-electron chi connectivity index (χ3n) is 12.6. The predicted octanol–water partition coefficient (Wildman–Crippen LogP) is 7.52. The van der Waals surface area contributed by atoms with Gasteiger partial charge in [0.25, 0.3) is 11.8 Å². The van der Waals surface area contributed by atoms with Gasteiger partial charge in [-0.3, -0.25) is 14.3 Å². The molecule has 1 spiro atoms. The van der Waals surface area contributed by atoms with Crippen molar-refractivity contribution in [3.63, 3.8) is 0 Å². The second-order valence-corrected chi connectivity index (χ2v) is 21.0.